The first-order chi connectivity index (χ1) is 17.2. The lowest BCUT2D eigenvalue weighted by atomic mass is 10.1. The standard InChI is InChI=1S/C28H22N4OS2/c1-31-23-14-5-6-15-24(23)34-27(31)25-26(33)32(18-16-19-9-3-2-4-10-19)28(35-25)30-22-13-7-12-21-20(22)11-8-17-29-21/h2-15,17H,16,18H2,1H3/b27-25-,30-28?. The van der Waals surface area contributed by atoms with Gasteiger partial charge in [-0.1, -0.05) is 60.3 Å². The predicted octanol–water partition coefficient (Wildman–Crippen LogP) is 6.45. The highest BCUT2D eigenvalue weighted by molar-refractivity contribution is 8.19. The van der Waals surface area contributed by atoms with Crippen LogP contribution in [0.15, 0.2) is 111 Å². The monoisotopic (exact) mass is 494 g/mol. The van der Waals surface area contributed by atoms with Crippen molar-refractivity contribution >= 4 is 56.9 Å². The van der Waals surface area contributed by atoms with Crippen LogP contribution in [0.1, 0.15) is 5.56 Å². The third-order valence-corrected chi connectivity index (χ3v) is 8.53. The molecule has 0 aliphatic carbocycles. The third kappa shape index (κ3) is 4.11. The highest BCUT2D eigenvalue weighted by Crippen LogP contribution is 2.50. The maximum absolute atomic E-state index is 13.8. The number of anilines is 1. The number of amidine groups is 1. The fourth-order valence-electron chi connectivity index (χ4n) is 4.29. The van der Waals surface area contributed by atoms with Crippen molar-refractivity contribution in [3.05, 3.63) is 107 Å². The second-order valence-corrected chi connectivity index (χ2v) is 10.3. The topological polar surface area (TPSA) is 48.8 Å². The summed E-state index contributed by atoms with van der Waals surface area (Å²) in [5.74, 6) is 0.00481. The molecule has 2 aliphatic heterocycles. The van der Waals surface area contributed by atoms with Gasteiger partial charge in [0, 0.05) is 30.1 Å². The molecule has 7 heteroatoms. The van der Waals surface area contributed by atoms with Crippen LogP contribution >= 0.6 is 23.5 Å². The normalized spacial score (nSPS) is 18.7. The molecule has 1 fully saturated rings. The minimum Gasteiger partial charge on any atom is -0.337 e. The molecule has 3 heterocycles. The Labute approximate surface area is 212 Å². The summed E-state index contributed by atoms with van der Waals surface area (Å²) in [6.07, 6.45) is 2.54. The maximum atomic E-state index is 13.8. The van der Waals surface area contributed by atoms with Crippen molar-refractivity contribution in [1.82, 2.24) is 9.88 Å². The van der Waals surface area contributed by atoms with Gasteiger partial charge in [-0.05, 0) is 60.1 Å². The summed E-state index contributed by atoms with van der Waals surface area (Å²) in [7, 11) is 2.02. The van der Waals surface area contributed by atoms with Gasteiger partial charge < -0.3 is 4.90 Å². The van der Waals surface area contributed by atoms with Crippen LogP contribution in [0.4, 0.5) is 11.4 Å². The van der Waals surface area contributed by atoms with Gasteiger partial charge in [-0.25, -0.2) is 4.99 Å². The summed E-state index contributed by atoms with van der Waals surface area (Å²) in [4.78, 5) is 29.1. The molecule has 1 aromatic heterocycles. The van der Waals surface area contributed by atoms with Gasteiger partial charge in [-0.2, -0.15) is 0 Å². The van der Waals surface area contributed by atoms with Gasteiger partial charge in [-0.3, -0.25) is 14.7 Å². The van der Waals surface area contributed by atoms with Crippen LogP contribution in [0.3, 0.4) is 0 Å². The molecular weight excluding hydrogens is 472 g/mol. The Morgan fingerprint density at radius 2 is 1.71 bits per heavy atom. The van der Waals surface area contributed by atoms with Crippen LogP contribution in [0.25, 0.3) is 10.9 Å². The van der Waals surface area contributed by atoms with Crippen LogP contribution in [-0.2, 0) is 11.2 Å². The van der Waals surface area contributed by atoms with Crippen molar-refractivity contribution in [3.63, 3.8) is 0 Å². The van der Waals surface area contributed by atoms with E-state index in [-0.39, 0.29) is 5.91 Å². The second kappa shape index (κ2) is 9.24. The summed E-state index contributed by atoms with van der Waals surface area (Å²) in [6.45, 7) is 0.565. The highest BCUT2D eigenvalue weighted by atomic mass is 32.2. The van der Waals surface area contributed by atoms with Crippen molar-refractivity contribution in [3.8, 4) is 0 Å². The number of nitrogens with zero attached hydrogens (tertiary/aromatic N) is 4. The lowest BCUT2D eigenvalue weighted by Gasteiger charge is -2.17. The molecule has 0 spiro atoms. The number of fused-ring (bicyclic) bond motifs is 2. The van der Waals surface area contributed by atoms with E-state index in [1.165, 1.54) is 17.3 Å². The number of pyridine rings is 1. The molecule has 0 radical (unpaired) electrons. The Kier molecular flexibility index (Phi) is 5.80. The first-order valence-corrected chi connectivity index (χ1v) is 13.0. The van der Waals surface area contributed by atoms with Gasteiger partial charge in [-0.15, -0.1) is 0 Å². The van der Waals surface area contributed by atoms with Crippen LogP contribution in [-0.4, -0.2) is 34.6 Å². The number of aliphatic imine (C=N–C) groups is 1. The molecule has 1 amide bonds. The van der Waals surface area contributed by atoms with E-state index in [0.29, 0.717) is 11.7 Å². The molecule has 3 aromatic carbocycles. The number of rotatable bonds is 4. The number of para-hydroxylation sites is 1. The van der Waals surface area contributed by atoms with Crippen LogP contribution in [0.2, 0.25) is 0 Å². The van der Waals surface area contributed by atoms with Crippen molar-refractivity contribution in [2.45, 2.75) is 11.3 Å². The average Bonchev–Trinajstić information content (AvgIpc) is 3.39. The zero-order chi connectivity index (χ0) is 23.8. The maximum Gasteiger partial charge on any atom is 0.269 e. The first-order valence-electron chi connectivity index (χ1n) is 11.4. The summed E-state index contributed by atoms with van der Waals surface area (Å²) in [5.41, 5.74) is 4.02. The number of amides is 1. The Balaban J connectivity index is 1.41. The minimum absolute atomic E-state index is 0.00481. The zero-order valence-electron chi connectivity index (χ0n) is 19.1. The van der Waals surface area contributed by atoms with Crippen molar-refractivity contribution < 1.29 is 4.79 Å². The summed E-state index contributed by atoms with van der Waals surface area (Å²) >= 11 is 3.11. The Hall–Kier alpha value is -3.55. The highest BCUT2D eigenvalue weighted by Gasteiger charge is 2.39. The molecule has 0 saturated carbocycles. The van der Waals surface area contributed by atoms with Gasteiger partial charge in [0.1, 0.15) is 4.91 Å². The van der Waals surface area contributed by atoms with Gasteiger partial charge in [0.15, 0.2) is 5.17 Å². The van der Waals surface area contributed by atoms with Gasteiger partial charge in [0.05, 0.1) is 21.9 Å². The molecule has 6 rings (SSSR count). The quantitative estimate of drug-likeness (QED) is 0.305. The number of hydrogen-bond acceptors (Lipinski definition) is 6. The van der Waals surface area contributed by atoms with Crippen molar-refractivity contribution in [1.29, 1.82) is 0 Å². The van der Waals surface area contributed by atoms with E-state index in [1.54, 1.807) is 18.0 Å². The lowest BCUT2D eigenvalue weighted by molar-refractivity contribution is -0.122. The largest absolute Gasteiger partial charge is 0.337 e. The molecule has 0 bridgehead atoms. The number of benzene rings is 3. The number of aromatic nitrogens is 1. The molecule has 0 N–H and O–H groups in total. The number of carbonyl (C=O) groups is 1. The van der Waals surface area contributed by atoms with Crippen LogP contribution in [0.5, 0.6) is 0 Å². The molecule has 4 aromatic rings. The summed E-state index contributed by atoms with van der Waals surface area (Å²) in [6, 6.07) is 28.4. The van der Waals surface area contributed by atoms with E-state index in [2.05, 4.69) is 34.1 Å². The Bertz CT molecular complexity index is 1490. The zero-order valence-corrected chi connectivity index (χ0v) is 20.7. The number of thioether (sulfide) groups is 2. The fraction of sp³-hybridized carbons (Fsp3) is 0.107. The average molecular weight is 495 g/mol. The van der Waals surface area contributed by atoms with Gasteiger partial charge in [0.2, 0.25) is 0 Å². The fourth-order valence-corrected chi connectivity index (χ4v) is 6.65. The van der Waals surface area contributed by atoms with E-state index in [1.807, 2.05) is 72.6 Å². The molecular formula is C28H22N4OS2. The van der Waals surface area contributed by atoms with Gasteiger partial charge in [0.25, 0.3) is 5.91 Å². The van der Waals surface area contributed by atoms with Crippen molar-refractivity contribution in [2.24, 2.45) is 4.99 Å². The summed E-state index contributed by atoms with van der Waals surface area (Å²) < 4.78 is 0. The molecule has 172 valence electrons. The third-order valence-electron chi connectivity index (χ3n) is 6.10. The molecule has 0 unspecified atom stereocenters. The molecule has 2 aliphatic rings. The Morgan fingerprint density at radius 1 is 0.886 bits per heavy atom. The predicted molar refractivity (Wildman–Crippen MR) is 146 cm³/mol. The second-order valence-electron chi connectivity index (χ2n) is 8.30. The van der Waals surface area contributed by atoms with Crippen LogP contribution in [0, 0.1) is 0 Å². The molecule has 5 nitrogen and oxygen atoms in total. The van der Waals surface area contributed by atoms with Crippen LogP contribution < -0.4 is 4.90 Å². The lowest BCUT2D eigenvalue weighted by Crippen LogP contribution is -2.31. The number of carbonyl (C=O) groups excluding carboxylic acids is 1. The molecule has 0 atom stereocenters. The molecule has 35 heavy (non-hydrogen) atoms. The first kappa shape index (κ1) is 21.9. The van der Waals surface area contributed by atoms with E-state index in [4.69, 9.17) is 4.99 Å². The molecule has 1 saturated heterocycles. The van der Waals surface area contributed by atoms with E-state index in [0.717, 1.165) is 43.5 Å². The SMILES string of the molecule is CN1/C(=C2/SC(=Nc3cccc4ncccc34)N(CCc3ccccc3)C2=O)Sc2ccccc21. The van der Waals surface area contributed by atoms with E-state index in [9.17, 15) is 4.79 Å². The van der Waals surface area contributed by atoms with E-state index < -0.39 is 0 Å². The smallest absolute Gasteiger partial charge is 0.269 e. The van der Waals surface area contributed by atoms with Crippen molar-refractivity contribution in [2.75, 3.05) is 18.5 Å². The number of hydrogen-bond donors (Lipinski definition) is 0. The Morgan fingerprint density at radius 3 is 2.57 bits per heavy atom. The minimum atomic E-state index is 0.00481. The van der Waals surface area contributed by atoms with Gasteiger partial charge >= 0.3 is 0 Å². The summed E-state index contributed by atoms with van der Waals surface area (Å²) in [5, 5.41) is 2.63. The van der Waals surface area contributed by atoms with E-state index >= 15 is 0 Å².